The van der Waals surface area contributed by atoms with Crippen molar-refractivity contribution in [2.75, 3.05) is 0 Å². The van der Waals surface area contributed by atoms with Crippen molar-refractivity contribution < 1.29 is 13.0 Å². The van der Waals surface area contributed by atoms with Gasteiger partial charge in [-0.2, -0.15) is 8.42 Å². The number of pyridine rings is 1. The zero-order chi connectivity index (χ0) is 22.1. The van der Waals surface area contributed by atoms with Crippen molar-refractivity contribution in [1.82, 2.24) is 4.98 Å². The first-order valence-electron chi connectivity index (χ1n) is 11.1. The highest BCUT2D eigenvalue weighted by Crippen LogP contribution is 2.18. The molecule has 1 N–H and O–H groups in total. The number of nitrogens with zero attached hydrogens (tertiary/aromatic N) is 1. The maximum Gasteiger partial charge on any atom is 0.294 e. The minimum absolute atomic E-state index is 0.0610. The third kappa shape index (κ3) is 11.9. The van der Waals surface area contributed by atoms with Gasteiger partial charge >= 0.3 is 0 Å². The van der Waals surface area contributed by atoms with Gasteiger partial charge in [0.05, 0.1) is 4.90 Å². The smallest absolute Gasteiger partial charge is 0.282 e. The molecule has 0 aliphatic heterocycles. The molecule has 2 rings (SSSR count). The average Bonchev–Trinajstić information content (AvgIpc) is 2.75. The van der Waals surface area contributed by atoms with Crippen LogP contribution >= 0.6 is 0 Å². The lowest BCUT2D eigenvalue weighted by atomic mass is 10.0. The van der Waals surface area contributed by atoms with Crippen molar-refractivity contribution in [2.24, 2.45) is 0 Å². The summed E-state index contributed by atoms with van der Waals surface area (Å²) in [5.74, 6) is 0. The van der Waals surface area contributed by atoms with Crippen LogP contribution in [0.25, 0.3) is 6.08 Å². The normalized spacial score (nSPS) is 10.9. The van der Waals surface area contributed by atoms with Gasteiger partial charge in [-0.05, 0) is 42.2 Å². The summed E-state index contributed by atoms with van der Waals surface area (Å²) in [6, 6.07) is 10.5. The number of benzene rings is 1. The molecule has 0 spiro atoms. The molecule has 0 atom stereocenters. The van der Waals surface area contributed by atoms with Crippen LogP contribution < -0.4 is 0 Å². The fourth-order valence-corrected chi connectivity index (χ4v) is 4.02. The van der Waals surface area contributed by atoms with Crippen LogP contribution in [0.1, 0.15) is 82.3 Å². The van der Waals surface area contributed by atoms with Crippen LogP contribution in [0.4, 0.5) is 0 Å². The van der Waals surface area contributed by atoms with E-state index in [1.807, 2.05) is 18.2 Å². The highest BCUT2D eigenvalue weighted by molar-refractivity contribution is 7.85. The van der Waals surface area contributed by atoms with E-state index in [4.69, 9.17) is 0 Å². The molecule has 0 bridgehead atoms. The Bertz CT molecular complexity index is 804. The highest BCUT2D eigenvalue weighted by atomic mass is 32.2. The predicted molar refractivity (Wildman–Crippen MR) is 126 cm³/mol. The molecule has 0 radical (unpaired) electrons. The third-order valence-electron chi connectivity index (χ3n) is 4.99. The van der Waals surface area contributed by atoms with Gasteiger partial charge in [-0.1, -0.05) is 95.6 Å². The summed E-state index contributed by atoms with van der Waals surface area (Å²) in [7, 11) is -4.10. The number of aryl methyl sites for hydroxylation is 1. The highest BCUT2D eigenvalue weighted by Gasteiger charge is 2.13. The molecule has 0 amide bonds. The van der Waals surface area contributed by atoms with Gasteiger partial charge in [0.2, 0.25) is 0 Å². The van der Waals surface area contributed by atoms with Crippen LogP contribution in [0.15, 0.2) is 60.3 Å². The Hall–Kier alpha value is -1.98. The zero-order valence-corrected chi connectivity index (χ0v) is 19.1. The number of aromatic nitrogens is 1. The summed E-state index contributed by atoms with van der Waals surface area (Å²) in [6.07, 6.45) is 18.6. The van der Waals surface area contributed by atoms with Gasteiger partial charge in [0.25, 0.3) is 10.1 Å². The lowest BCUT2D eigenvalue weighted by Gasteiger charge is -2.07. The molecule has 0 saturated heterocycles. The summed E-state index contributed by atoms with van der Waals surface area (Å²) in [5, 5.41) is 0. The van der Waals surface area contributed by atoms with E-state index in [1.165, 1.54) is 57.4 Å². The average molecular weight is 432 g/mol. The first-order valence-corrected chi connectivity index (χ1v) is 12.5. The molecule has 0 aliphatic rings. The van der Waals surface area contributed by atoms with Gasteiger partial charge in [-0.3, -0.25) is 9.54 Å². The predicted octanol–water partition coefficient (Wildman–Crippen LogP) is 7.12. The van der Waals surface area contributed by atoms with Crippen LogP contribution in [0, 0.1) is 0 Å². The van der Waals surface area contributed by atoms with E-state index in [-0.39, 0.29) is 4.90 Å². The van der Waals surface area contributed by atoms with E-state index in [0.29, 0.717) is 6.42 Å². The van der Waals surface area contributed by atoms with Crippen LogP contribution in [-0.2, 0) is 16.5 Å². The largest absolute Gasteiger partial charge is 0.294 e. The van der Waals surface area contributed by atoms with E-state index >= 15 is 0 Å². The Balaban J connectivity index is 0.000000467. The van der Waals surface area contributed by atoms with Gasteiger partial charge in [-0.25, -0.2) is 0 Å². The summed E-state index contributed by atoms with van der Waals surface area (Å²) in [6.45, 7) is 5.84. The summed E-state index contributed by atoms with van der Waals surface area (Å²) in [4.78, 5) is 3.91. The topological polar surface area (TPSA) is 67.3 Å². The molecule has 1 heterocycles. The molecule has 166 valence electrons. The molecule has 5 heteroatoms. The van der Waals surface area contributed by atoms with Crippen molar-refractivity contribution in [3.63, 3.8) is 0 Å². The fourth-order valence-electron chi connectivity index (χ4n) is 3.26. The van der Waals surface area contributed by atoms with Gasteiger partial charge in [0.1, 0.15) is 0 Å². The number of hydrogen-bond donors (Lipinski definition) is 1. The van der Waals surface area contributed by atoms with Crippen molar-refractivity contribution in [2.45, 2.75) is 82.4 Å². The zero-order valence-electron chi connectivity index (χ0n) is 18.3. The second-order valence-corrected chi connectivity index (χ2v) is 8.89. The molecule has 30 heavy (non-hydrogen) atoms. The maximum atomic E-state index is 11.3. The molecule has 2 aromatic rings. The second-order valence-electron chi connectivity index (χ2n) is 7.50. The Morgan fingerprint density at radius 3 is 1.90 bits per heavy atom. The summed E-state index contributed by atoms with van der Waals surface area (Å²) in [5.41, 5.74) is 1.84. The first-order chi connectivity index (χ1) is 14.5. The van der Waals surface area contributed by atoms with E-state index < -0.39 is 10.1 Å². The Morgan fingerprint density at radius 1 is 0.867 bits per heavy atom. The van der Waals surface area contributed by atoms with Crippen LogP contribution in [0.5, 0.6) is 0 Å². The maximum absolute atomic E-state index is 11.3. The number of rotatable bonds is 13. The van der Waals surface area contributed by atoms with Gasteiger partial charge in [0, 0.05) is 12.4 Å². The molecule has 0 aliphatic carbocycles. The van der Waals surface area contributed by atoms with Gasteiger partial charge in [-0.15, -0.1) is 0 Å². The Labute approximate surface area is 183 Å². The lowest BCUT2D eigenvalue weighted by Crippen LogP contribution is -2.03. The monoisotopic (exact) mass is 431 g/mol. The molecule has 4 nitrogen and oxygen atoms in total. The van der Waals surface area contributed by atoms with Gasteiger partial charge < -0.3 is 0 Å². The first kappa shape index (κ1) is 26.1. The number of unbranched alkanes of at least 4 members (excludes halogenated alkanes) is 9. The van der Waals surface area contributed by atoms with Crippen LogP contribution in [0.2, 0.25) is 0 Å². The molecular formula is C25H37NO3S. The summed E-state index contributed by atoms with van der Waals surface area (Å²) >= 11 is 0. The summed E-state index contributed by atoms with van der Waals surface area (Å²) < 4.78 is 31.8. The van der Waals surface area contributed by atoms with Crippen molar-refractivity contribution in [3.8, 4) is 0 Å². The number of hydrogen-bond acceptors (Lipinski definition) is 3. The molecular weight excluding hydrogens is 394 g/mol. The molecule has 1 aromatic heterocycles. The van der Waals surface area contributed by atoms with Gasteiger partial charge in [0.15, 0.2) is 0 Å². The molecule has 0 saturated carbocycles. The van der Waals surface area contributed by atoms with Crippen LogP contribution in [0.3, 0.4) is 0 Å². The SMILES string of the molecule is C=Cc1ccncc1.CCCCCCCCCCCCc1ccccc1S(=O)(=O)O. The molecule has 0 unspecified atom stereocenters. The minimum Gasteiger partial charge on any atom is -0.282 e. The van der Waals surface area contributed by atoms with E-state index in [0.717, 1.165) is 24.0 Å². The van der Waals surface area contributed by atoms with E-state index in [2.05, 4.69) is 18.5 Å². The van der Waals surface area contributed by atoms with Crippen molar-refractivity contribution in [3.05, 3.63) is 66.5 Å². The van der Waals surface area contributed by atoms with Crippen molar-refractivity contribution in [1.29, 1.82) is 0 Å². The standard InChI is InChI=1S/C18H30O3S.C7H7N/c1-2-3-4-5-6-7-8-9-10-11-14-17-15-12-13-16-18(17)22(19,20)21;1-2-7-3-5-8-6-4-7/h12-13,15-16H,2-11,14H2,1H3,(H,19,20,21);2-6H,1H2. The molecule has 1 aromatic carbocycles. The van der Waals surface area contributed by atoms with Crippen molar-refractivity contribution >= 4 is 16.2 Å². The lowest BCUT2D eigenvalue weighted by molar-refractivity contribution is 0.481. The fraction of sp³-hybridized carbons (Fsp3) is 0.480. The van der Waals surface area contributed by atoms with E-state index in [1.54, 1.807) is 30.6 Å². The second kappa shape index (κ2) is 15.8. The minimum atomic E-state index is -4.10. The van der Waals surface area contributed by atoms with E-state index in [9.17, 15) is 13.0 Å². The Kier molecular flexibility index (Phi) is 13.7. The quantitative estimate of drug-likeness (QED) is 0.271. The molecule has 0 fully saturated rings. The van der Waals surface area contributed by atoms with Crippen LogP contribution in [-0.4, -0.2) is 18.0 Å². The Morgan fingerprint density at radius 2 is 1.40 bits per heavy atom. The third-order valence-corrected chi connectivity index (χ3v) is 5.95.